The van der Waals surface area contributed by atoms with Crippen molar-refractivity contribution in [2.24, 2.45) is 10.8 Å². The summed E-state index contributed by atoms with van der Waals surface area (Å²) < 4.78 is 0. The molecule has 0 radical (unpaired) electrons. The smallest absolute Gasteiger partial charge is 0.148 e. The number of hydrogen-bond acceptors (Lipinski definition) is 4. The Morgan fingerprint density at radius 3 is 2.12 bits per heavy atom. The van der Waals surface area contributed by atoms with Gasteiger partial charge < -0.3 is 15.0 Å². The maximum atomic E-state index is 12.0. The molecule has 0 spiro atoms. The Labute approximate surface area is 148 Å². The molecule has 4 nitrogen and oxygen atoms in total. The molecule has 0 saturated heterocycles. The molecule has 0 aliphatic rings. The zero-order valence-electron chi connectivity index (χ0n) is 16.1. The molecule has 0 rings (SSSR count). The first-order valence-corrected chi connectivity index (χ1v) is 9.38. The minimum absolute atomic E-state index is 0.188. The van der Waals surface area contributed by atoms with Crippen LogP contribution in [0, 0.1) is 10.8 Å². The Balaban J connectivity index is 3.82. The van der Waals surface area contributed by atoms with Crippen molar-refractivity contribution in [3.05, 3.63) is 0 Å². The SMILES string of the molecule is CC(C)(CCCO)CCCCCC(=O)CCC(C)(C)CC(O)C=O. The lowest BCUT2D eigenvalue weighted by molar-refractivity contribution is -0.120. The van der Waals surface area contributed by atoms with Gasteiger partial charge in [-0.25, -0.2) is 0 Å². The van der Waals surface area contributed by atoms with Gasteiger partial charge in [-0.05, 0) is 49.4 Å². The van der Waals surface area contributed by atoms with Crippen LogP contribution in [0.3, 0.4) is 0 Å². The maximum Gasteiger partial charge on any atom is 0.148 e. The molecule has 1 atom stereocenters. The van der Waals surface area contributed by atoms with Crippen molar-refractivity contribution in [2.75, 3.05) is 6.61 Å². The van der Waals surface area contributed by atoms with E-state index in [1.165, 1.54) is 0 Å². The summed E-state index contributed by atoms with van der Waals surface area (Å²) in [6.07, 6.45) is 8.09. The van der Waals surface area contributed by atoms with E-state index in [0.717, 1.165) is 38.5 Å². The van der Waals surface area contributed by atoms with E-state index in [-0.39, 0.29) is 23.2 Å². The molecule has 0 aliphatic heterocycles. The van der Waals surface area contributed by atoms with Gasteiger partial charge in [-0.2, -0.15) is 0 Å². The van der Waals surface area contributed by atoms with E-state index < -0.39 is 6.10 Å². The number of Topliss-reactive ketones (excluding diaryl/α,β-unsaturated/α-hetero) is 1. The fourth-order valence-electron chi connectivity index (χ4n) is 3.10. The van der Waals surface area contributed by atoms with E-state index in [4.69, 9.17) is 5.11 Å². The first kappa shape index (κ1) is 23.3. The first-order valence-electron chi connectivity index (χ1n) is 9.38. The van der Waals surface area contributed by atoms with E-state index in [1.54, 1.807) is 0 Å². The van der Waals surface area contributed by atoms with Crippen LogP contribution in [0.5, 0.6) is 0 Å². The van der Waals surface area contributed by atoms with Crippen LogP contribution in [0.1, 0.15) is 91.9 Å². The van der Waals surface area contributed by atoms with Crippen LogP contribution >= 0.6 is 0 Å². The van der Waals surface area contributed by atoms with Crippen molar-refractivity contribution in [2.45, 2.75) is 98.0 Å². The predicted molar refractivity (Wildman–Crippen MR) is 97.9 cm³/mol. The molecule has 0 aromatic heterocycles. The normalized spacial score (nSPS) is 13.8. The summed E-state index contributed by atoms with van der Waals surface area (Å²) in [6, 6.07) is 0. The van der Waals surface area contributed by atoms with Gasteiger partial charge in [-0.15, -0.1) is 0 Å². The Bertz CT molecular complexity index is 361. The quantitative estimate of drug-likeness (QED) is 0.348. The topological polar surface area (TPSA) is 74.6 Å². The minimum atomic E-state index is -0.927. The second-order valence-electron chi connectivity index (χ2n) is 8.66. The Kier molecular flexibility index (Phi) is 11.4. The molecular formula is C20H38O4. The number of ketones is 1. The molecule has 0 bridgehead atoms. The van der Waals surface area contributed by atoms with Crippen LogP contribution in [0.4, 0.5) is 0 Å². The Morgan fingerprint density at radius 1 is 0.917 bits per heavy atom. The number of hydrogen-bond donors (Lipinski definition) is 2. The van der Waals surface area contributed by atoms with Gasteiger partial charge in [0, 0.05) is 19.4 Å². The zero-order valence-corrected chi connectivity index (χ0v) is 16.1. The second-order valence-corrected chi connectivity index (χ2v) is 8.66. The molecule has 0 fully saturated rings. The third-order valence-electron chi connectivity index (χ3n) is 4.82. The monoisotopic (exact) mass is 342 g/mol. The molecule has 2 N–H and O–H groups in total. The third-order valence-corrected chi connectivity index (χ3v) is 4.82. The molecule has 0 amide bonds. The number of aldehydes is 1. The Morgan fingerprint density at radius 2 is 1.54 bits per heavy atom. The van der Waals surface area contributed by atoms with E-state index in [9.17, 15) is 14.7 Å². The third kappa shape index (κ3) is 12.7. The van der Waals surface area contributed by atoms with Crippen LogP contribution in [0.15, 0.2) is 0 Å². The van der Waals surface area contributed by atoms with Crippen molar-refractivity contribution in [1.29, 1.82) is 0 Å². The summed E-state index contributed by atoms with van der Waals surface area (Å²) in [5.74, 6) is 0.281. The zero-order chi connectivity index (χ0) is 18.6. The molecular weight excluding hydrogens is 304 g/mol. The van der Waals surface area contributed by atoms with Crippen molar-refractivity contribution in [3.8, 4) is 0 Å². The largest absolute Gasteiger partial charge is 0.396 e. The van der Waals surface area contributed by atoms with E-state index in [2.05, 4.69) is 13.8 Å². The average molecular weight is 343 g/mol. The molecule has 0 saturated carbocycles. The molecule has 0 aromatic carbocycles. The van der Waals surface area contributed by atoms with Gasteiger partial charge >= 0.3 is 0 Å². The summed E-state index contributed by atoms with van der Waals surface area (Å²) in [6.45, 7) is 8.72. The van der Waals surface area contributed by atoms with E-state index in [0.29, 0.717) is 32.0 Å². The second kappa shape index (κ2) is 11.8. The number of carbonyl (C=O) groups excluding carboxylic acids is 2. The molecule has 142 valence electrons. The van der Waals surface area contributed by atoms with Gasteiger partial charge in [0.25, 0.3) is 0 Å². The van der Waals surface area contributed by atoms with Crippen LogP contribution in [-0.4, -0.2) is 35.0 Å². The van der Waals surface area contributed by atoms with Gasteiger partial charge in [0.2, 0.25) is 0 Å². The predicted octanol–water partition coefficient (Wildman–Crippen LogP) is 4.06. The van der Waals surface area contributed by atoms with Crippen molar-refractivity contribution < 1.29 is 19.8 Å². The molecule has 4 heteroatoms. The lowest BCUT2D eigenvalue weighted by Gasteiger charge is -2.25. The molecule has 0 heterocycles. The lowest BCUT2D eigenvalue weighted by Crippen LogP contribution is -2.22. The van der Waals surface area contributed by atoms with Crippen LogP contribution in [0.2, 0.25) is 0 Å². The highest BCUT2D eigenvalue weighted by Crippen LogP contribution is 2.30. The molecule has 24 heavy (non-hydrogen) atoms. The van der Waals surface area contributed by atoms with Crippen molar-refractivity contribution in [1.82, 2.24) is 0 Å². The minimum Gasteiger partial charge on any atom is -0.396 e. The standard InChI is InChI=1S/C20H38O4/c1-19(2,12-8-14-21)11-7-5-6-9-17(23)10-13-20(3,4)15-18(24)16-22/h16,18,21,24H,5-15H2,1-4H3. The summed E-state index contributed by atoms with van der Waals surface area (Å²) >= 11 is 0. The maximum absolute atomic E-state index is 12.0. The fourth-order valence-corrected chi connectivity index (χ4v) is 3.10. The number of rotatable bonds is 15. The summed E-state index contributed by atoms with van der Waals surface area (Å²) in [4.78, 5) is 22.5. The highest BCUT2D eigenvalue weighted by molar-refractivity contribution is 5.78. The van der Waals surface area contributed by atoms with Crippen molar-refractivity contribution >= 4 is 12.1 Å². The molecule has 0 aliphatic carbocycles. The lowest BCUT2D eigenvalue weighted by atomic mass is 9.81. The van der Waals surface area contributed by atoms with Gasteiger partial charge in [-0.1, -0.05) is 40.5 Å². The fraction of sp³-hybridized carbons (Fsp3) is 0.900. The van der Waals surface area contributed by atoms with Crippen molar-refractivity contribution in [3.63, 3.8) is 0 Å². The van der Waals surface area contributed by atoms with Gasteiger partial charge in [0.15, 0.2) is 0 Å². The summed E-state index contributed by atoms with van der Waals surface area (Å²) in [5.41, 5.74) is 0.0862. The van der Waals surface area contributed by atoms with Crippen LogP contribution in [-0.2, 0) is 9.59 Å². The number of unbranched alkanes of at least 4 members (excludes halogenated alkanes) is 2. The van der Waals surface area contributed by atoms with Gasteiger partial charge in [-0.3, -0.25) is 4.79 Å². The van der Waals surface area contributed by atoms with Crippen LogP contribution < -0.4 is 0 Å². The van der Waals surface area contributed by atoms with Gasteiger partial charge in [0.05, 0.1) is 0 Å². The van der Waals surface area contributed by atoms with E-state index in [1.807, 2.05) is 13.8 Å². The molecule has 1 unspecified atom stereocenters. The number of aliphatic hydroxyl groups is 2. The van der Waals surface area contributed by atoms with Gasteiger partial charge in [0.1, 0.15) is 18.2 Å². The highest BCUT2D eigenvalue weighted by Gasteiger charge is 2.23. The first-order chi connectivity index (χ1) is 11.1. The van der Waals surface area contributed by atoms with E-state index >= 15 is 0 Å². The Hall–Kier alpha value is -0.740. The number of aliphatic hydroxyl groups excluding tert-OH is 2. The summed E-state index contributed by atoms with van der Waals surface area (Å²) in [5, 5.41) is 18.3. The highest BCUT2D eigenvalue weighted by atomic mass is 16.3. The molecule has 0 aromatic rings. The summed E-state index contributed by atoms with van der Waals surface area (Å²) in [7, 11) is 0. The average Bonchev–Trinajstić information content (AvgIpc) is 2.50. The van der Waals surface area contributed by atoms with Crippen LogP contribution in [0.25, 0.3) is 0 Å². The number of carbonyl (C=O) groups is 2.